The van der Waals surface area contributed by atoms with Crippen molar-refractivity contribution in [3.8, 4) is 0 Å². The second-order valence-corrected chi connectivity index (χ2v) is 7.74. The Balaban J connectivity index is 1.74. The lowest BCUT2D eigenvalue weighted by Gasteiger charge is -2.35. The van der Waals surface area contributed by atoms with Crippen LogP contribution in [0, 0.1) is 0 Å². The largest absolute Gasteiger partial charge is 0.444 e. The normalized spacial score (nSPS) is 18.0. The number of nitrogens with one attached hydrogen (secondary N) is 1. The van der Waals surface area contributed by atoms with Gasteiger partial charge in [0.05, 0.1) is 0 Å². The molecule has 8 heteroatoms. The van der Waals surface area contributed by atoms with Crippen LogP contribution in [0.5, 0.6) is 0 Å². The van der Waals surface area contributed by atoms with E-state index in [1.54, 1.807) is 39.0 Å². The van der Waals surface area contributed by atoms with Crippen molar-refractivity contribution in [3.63, 3.8) is 0 Å². The first-order valence-electron chi connectivity index (χ1n) is 8.59. The van der Waals surface area contributed by atoms with E-state index in [1.165, 1.54) is 4.90 Å². The lowest BCUT2D eigenvalue weighted by molar-refractivity contribution is -0.122. The molecule has 2 aromatic rings. The van der Waals surface area contributed by atoms with Gasteiger partial charge >= 0.3 is 12.1 Å². The first-order chi connectivity index (χ1) is 12.2. The van der Waals surface area contributed by atoms with E-state index in [-0.39, 0.29) is 11.9 Å². The molecule has 1 aromatic heterocycles. The van der Waals surface area contributed by atoms with Crippen molar-refractivity contribution in [2.45, 2.75) is 51.7 Å². The van der Waals surface area contributed by atoms with Gasteiger partial charge in [0.25, 0.3) is 5.91 Å². The fraction of sp³-hybridized carbons (Fsp3) is 0.500. The number of anilines is 1. The molecule has 0 bridgehead atoms. The number of amides is 2. The standard InChI is InChI=1S/C18H22ClN3O4/c1-18(2,3)26-17(24)22-9-5-4-6-13(22)15(23)21-16-20-12-10-11(19)7-8-14(12)25-16/h7-8,10,13H,4-6,9H2,1-3H3,(H,20,21,23). The van der Waals surface area contributed by atoms with Gasteiger partial charge in [0.15, 0.2) is 5.58 Å². The summed E-state index contributed by atoms with van der Waals surface area (Å²) < 4.78 is 10.9. The van der Waals surface area contributed by atoms with Gasteiger partial charge in [-0.05, 0) is 58.2 Å². The maximum absolute atomic E-state index is 12.7. The second-order valence-electron chi connectivity index (χ2n) is 7.31. The number of likely N-dealkylation sites (tertiary alicyclic amines) is 1. The van der Waals surface area contributed by atoms with Crippen LogP contribution in [0.25, 0.3) is 11.1 Å². The fourth-order valence-corrected chi connectivity index (χ4v) is 3.05. The van der Waals surface area contributed by atoms with Crippen LogP contribution in [0.2, 0.25) is 5.02 Å². The molecule has 0 aliphatic carbocycles. The number of halogens is 1. The van der Waals surface area contributed by atoms with E-state index in [0.717, 1.165) is 12.8 Å². The maximum Gasteiger partial charge on any atom is 0.410 e. The van der Waals surface area contributed by atoms with Crippen molar-refractivity contribution >= 4 is 40.7 Å². The van der Waals surface area contributed by atoms with Crippen LogP contribution in [0.4, 0.5) is 10.8 Å². The molecule has 2 amide bonds. The van der Waals surface area contributed by atoms with Crippen molar-refractivity contribution < 1.29 is 18.7 Å². The Bertz CT molecular complexity index is 827. The number of nitrogens with zero attached hydrogens (tertiary/aromatic N) is 2. The monoisotopic (exact) mass is 379 g/mol. The summed E-state index contributed by atoms with van der Waals surface area (Å²) in [5.41, 5.74) is 0.465. The number of piperidine rings is 1. The molecule has 1 aliphatic rings. The first-order valence-corrected chi connectivity index (χ1v) is 8.97. The minimum atomic E-state index is -0.616. The molecule has 140 valence electrons. The Kier molecular flexibility index (Phi) is 5.09. The molecule has 1 atom stereocenters. The molecule has 7 nitrogen and oxygen atoms in total. The van der Waals surface area contributed by atoms with E-state index in [2.05, 4.69) is 10.3 Å². The second kappa shape index (κ2) is 7.15. The predicted molar refractivity (Wildman–Crippen MR) is 98.2 cm³/mol. The number of hydrogen-bond acceptors (Lipinski definition) is 5. The van der Waals surface area contributed by atoms with Gasteiger partial charge in [0.1, 0.15) is 17.2 Å². The molecule has 1 unspecified atom stereocenters. The molecule has 26 heavy (non-hydrogen) atoms. The Labute approximate surface area is 156 Å². The number of fused-ring (bicyclic) bond motifs is 1. The van der Waals surface area contributed by atoms with Crippen LogP contribution in [-0.2, 0) is 9.53 Å². The molecule has 1 fully saturated rings. The number of hydrogen-bond donors (Lipinski definition) is 1. The highest BCUT2D eigenvalue weighted by Gasteiger charge is 2.35. The number of rotatable bonds is 2. The van der Waals surface area contributed by atoms with Gasteiger partial charge in [0.2, 0.25) is 0 Å². The van der Waals surface area contributed by atoms with E-state index in [0.29, 0.717) is 29.1 Å². The molecular weight excluding hydrogens is 358 g/mol. The Morgan fingerprint density at radius 2 is 2.12 bits per heavy atom. The van der Waals surface area contributed by atoms with E-state index >= 15 is 0 Å². The number of carbonyl (C=O) groups excluding carboxylic acids is 2. The summed E-state index contributed by atoms with van der Waals surface area (Å²) in [6, 6.07) is 4.50. The average Bonchev–Trinajstić information content (AvgIpc) is 2.94. The van der Waals surface area contributed by atoms with E-state index in [9.17, 15) is 9.59 Å². The summed E-state index contributed by atoms with van der Waals surface area (Å²) in [7, 11) is 0. The Morgan fingerprint density at radius 3 is 2.85 bits per heavy atom. The van der Waals surface area contributed by atoms with Crippen LogP contribution >= 0.6 is 11.6 Å². The maximum atomic E-state index is 12.7. The minimum Gasteiger partial charge on any atom is -0.444 e. The van der Waals surface area contributed by atoms with Gasteiger partial charge in [0, 0.05) is 11.6 Å². The lowest BCUT2D eigenvalue weighted by atomic mass is 10.0. The molecular formula is C18H22ClN3O4. The summed E-state index contributed by atoms with van der Waals surface area (Å²) in [6.07, 6.45) is 1.78. The number of benzene rings is 1. The van der Waals surface area contributed by atoms with E-state index < -0.39 is 17.7 Å². The minimum absolute atomic E-state index is 0.0852. The topological polar surface area (TPSA) is 84.7 Å². The number of carbonyl (C=O) groups is 2. The molecule has 1 saturated heterocycles. The van der Waals surface area contributed by atoms with Gasteiger partial charge in [-0.3, -0.25) is 15.0 Å². The summed E-state index contributed by atoms with van der Waals surface area (Å²) in [4.78, 5) is 30.8. The molecule has 1 aliphatic heterocycles. The zero-order valence-electron chi connectivity index (χ0n) is 15.0. The van der Waals surface area contributed by atoms with E-state index in [4.69, 9.17) is 20.8 Å². The zero-order valence-corrected chi connectivity index (χ0v) is 15.8. The summed E-state index contributed by atoms with van der Waals surface area (Å²) in [5, 5.41) is 3.19. The lowest BCUT2D eigenvalue weighted by Crippen LogP contribution is -2.51. The molecule has 0 spiro atoms. The molecule has 3 rings (SSSR count). The Hall–Kier alpha value is -2.28. The SMILES string of the molecule is CC(C)(C)OC(=O)N1CCCCC1C(=O)Nc1nc2cc(Cl)ccc2o1. The average molecular weight is 380 g/mol. The smallest absolute Gasteiger partial charge is 0.410 e. The zero-order chi connectivity index (χ0) is 18.9. The third-order valence-electron chi connectivity index (χ3n) is 4.01. The van der Waals surface area contributed by atoms with Crippen molar-refractivity contribution in [3.05, 3.63) is 23.2 Å². The number of oxazole rings is 1. The third-order valence-corrected chi connectivity index (χ3v) is 4.25. The Morgan fingerprint density at radius 1 is 1.35 bits per heavy atom. The highest BCUT2D eigenvalue weighted by molar-refractivity contribution is 6.31. The molecule has 2 heterocycles. The summed E-state index contributed by atoms with van der Waals surface area (Å²) in [6.45, 7) is 5.88. The molecule has 0 saturated carbocycles. The van der Waals surface area contributed by atoms with Gasteiger partial charge in [-0.15, -0.1) is 0 Å². The number of ether oxygens (including phenoxy) is 1. The van der Waals surface area contributed by atoms with Crippen LogP contribution in [-0.4, -0.2) is 40.1 Å². The van der Waals surface area contributed by atoms with Gasteiger partial charge in [-0.1, -0.05) is 11.6 Å². The molecule has 0 radical (unpaired) electrons. The van der Waals surface area contributed by atoms with Crippen molar-refractivity contribution in [1.82, 2.24) is 9.88 Å². The predicted octanol–water partition coefficient (Wildman–Crippen LogP) is 4.21. The van der Waals surface area contributed by atoms with Crippen molar-refractivity contribution in [1.29, 1.82) is 0 Å². The van der Waals surface area contributed by atoms with Crippen LogP contribution in [0.15, 0.2) is 22.6 Å². The fourth-order valence-electron chi connectivity index (χ4n) is 2.89. The molecule has 1 N–H and O–H groups in total. The van der Waals surface area contributed by atoms with Gasteiger partial charge in [-0.2, -0.15) is 4.98 Å². The summed E-state index contributed by atoms with van der Waals surface area (Å²) >= 11 is 5.94. The van der Waals surface area contributed by atoms with Crippen molar-refractivity contribution in [2.75, 3.05) is 11.9 Å². The summed E-state index contributed by atoms with van der Waals surface area (Å²) in [5.74, 6) is -0.340. The quantitative estimate of drug-likeness (QED) is 0.844. The van der Waals surface area contributed by atoms with Crippen LogP contribution in [0.3, 0.4) is 0 Å². The highest BCUT2D eigenvalue weighted by Crippen LogP contribution is 2.24. The van der Waals surface area contributed by atoms with Crippen LogP contribution < -0.4 is 5.32 Å². The highest BCUT2D eigenvalue weighted by atomic mass is 35.5. The first kappa shape index (κ1) is 18.5. The van der Waals surface area contributed by atoms with E-state index in [1.807, 2.05) is 0 Å². The van der Waals surface area contributed by atoms with Crippen LogP contribution in [0.1, 0.15) is 40.0 Å². The van der Waals surface area contributed by atoms with Crippen molar-refractivity contribution in [2.24, 2.45) is 0 Å². The number of aromatic nitrogens is 1. The van der Waals surface area contributed by atoms with Gasteiger partial charge in [-0.25, -0.2) is 4.79 Å². The van der Waals surface area contributed by atoms with Gasteiger partial charge < -0.3 is 9.15 Å². The molecule has 1 aromatic carbocycles. The third kappa shape index (κ3) is 4.27.